The first-order chi connectivity index (χ1) is 8.28. The molecule has 0 heterocycles. The van der Waals surface area contributed by atoms with Crippen molar-refractivity contribution in [2.24, 2.45) is 5.41 Å². The molecule has 2 amide bonds. The molecule has 112 valence electrons. The minimum absolute atomic E-state index is 0.0532. The summed E-state index contributed by atoms with van der Waals surface area (Å²) in [6, 6.07) is 0. The molecular weight excluding hydrogens is 244 g/mol. The Bertz CT molecular complexity index is 341. The highest BCUT2D eigenvalue weighted by atomic mass is 16.3. The highest BCUT2D eigenvalue weighted by Crippen LogP contribution is 2.26. The van der Waals surface area contributed by atoms with Crippen LogP contribution in [-0.4, -0.2) is 34.6 Å². The van der Waals surface area contributed by atoms with Crippen molar-refractivity contribution in [3.63, 3.8) is 0 Å². The normalized spacial score (nSPS) is 13.1. The van der Waals surface area contributed by atoms with Crippen LogP contribution in [0.1, 0.15) is 54.9 Å². The van der Waals surface area contributed by atoms with E-state index in [1.807, 2.05) is 13.8 Å². The third-order valence-electron chi connectivity index (χ3n) is 2.48. The molecule has 0 saturated heterocycles. The van der Waals surface area contributed by atoms with Crippen molar-refractivity contribution in [3.05, 3.63) is 0 Å². The molecule has 0 spiro atoms. The Hall–Kier alpha value is -1.10. The van der Waals surface area contributed by atoms with E-state index in [4.69, 9.17) is 5.11 Å². The number of amides is 2. The van der Waals surface area contributed by atoms with Crippen LogP contribution in [0, 0.1) is 5.41 Å². The molecule has 0 aliphatic heterocycles. The maximum atomic E-state index is 11.8. The highest BCUT2D eigenvalue weighted by Gasteiger charge is 2.30. The molecule has 0 aliphatic carbocycles. The van der Waals surface area contributed by atoms with Gasteiger partial charge in [0.1, 0.15) is 0 Å². The van der Waals surface area contributed by atoms with Gasteiger partial charge in [-0.15, -0.1) is 0 Å². The maximum absolute atomic E-state index is 11.8. The van der Waals surface area contributed by atoms with E-state index in [2.05, 4.69) is 31.4 Å². The molecule has 0 rings (SSSR count). The molecule has 0 aromatic heterocycles. The van der Waals surface area contributed by atoms with Gasteiger partial charge in [-0.1, -0.05) is 20.8 Å². The Morgan fingerprint density at radius 2 is 1.21 bits per heavy atom. The van der Waals surface area contributed by atoms with Crippen LogP contribution in [0.25, 0.3) is 0 Å². The second kappa shape index (κ2) is 5.90. The number of aliphatic hydroxyl groups excluding tert-OH is 1. The highest BCUT2D eigenvalue weighted by molar-refractivity contribution is 6.35. The van der Waals surface area contributed by atoms with Crippen LogP contribution in [-0.2, 0) is 9.59 Å². The van der Waals surface area contributed by atoms with Crippen molar-refractivity contribution in [1.82, 2.24) is 10.6 Å². The van der Waals surface area contributed by atoms with Crippen LogP contribution >= 0.6 is 0 Å². The first-order valence-electron chi connectivity index (χ1n) is 6.54. The number of hydrogen-bond donors (Lipinski definition) is 3. The Balaban J connectivity index is 4.57. The molecule has 0 saturated carbocycles. The SMILES string of the molecule is CC(C)(C)CC(C)(C)NC(=O)C(=O)NC(C)(C)CO. The van der Waals surface area contributed by atoms with Crippen LogP contribution in [0.5, 0.6) is 0 Å². The molecule has 0 unspecified atom stereocenters. The van der Waals surface area contributed by atoms with E-state index in [1.165, 1.54) is 0 Å². The van der Waals surface area contributed by atoms with Crippen molar-refractivity contribution in [2.45, 2.75) is 66.0 Å². The Kier molecular flexibility index (Phi) is 5.56. The topological polar surface area (TPSA) is 78.4 Å². The quantitative estimate of drug-likeness (QED) is 0.673. The van der Waals surface area contributed by atoms with Gasteiger partial charge in [0, 0.05) is 5.54 Å². The summed E-state index contributed by atoms with van der Waals surface area (Å²) in [6.07, 6.45) is 0.752. The van der Waals surface area contributed by atoms with Gasteiger partial charge in [0.15, 0.2) is 0 Å². The minimum atomic E-state index is -0.803. The van der Waals surface area contributed by atoms with Gasteiger partial charge in [-0.05, 0) is 39.5 Å². The van der Waals surface area contributed by atoms with Gasteiger partial charge < -0.3 is 15.7 Å². The van der Waals surface area contributed by atoms with Crippen molar-refractivity contribution in [3.8, 4) is 0 Å². The van der Waals surface area contributed by atoms with Crippen molar-refractivity contribution in [2.75, 3.05) is 6.61 Å². The van der Waals surface area contributed by atoms with E-state index in [-0.39, 0.29) is 12.0 Å². The first kappa shape index (κ1) is 17.9. The summed E-state index contributed by atoms with van der Waals surface area (Å²) in [7, 11) is 0. The van der Waals surface area contributed by atoms with E-state index in [0.29, 0.717) is 0 Å². The number of rotatable bonds is 4. The lowest BCUT2D eigenvalue weighted by atomic mass is 9.82. The van der Waals surface area contributed by atoms with Gasteiger partial charge in [0.25, 0.3) is 0 Å². The second-order valence-corrected chi connectivity index (χ2v) is 7.57. The third kappa shape index (κ3) is 7.82. The predicted molar refractivity (Wildman–Crippen MR) is 75.6 cm³/mol. The van der Waals surface area contributed by atoms with E-state index in [1.54, 1.807) is 13.8 Å². The molecule has 0 radical (unpaired) electrons. The van der Waals surface area contributed by atoms with Crippen molar-refractivity contribution < 1.29 is 14.7 Å². The number of aliphatic hydroxyl groups is 1. The molecule has 19 heavy (non-hydrogen) atoms. The summed E-state index contributed by atoms with van der Waals surface area (Å²) in [6.45, 7) is 13.1. The minimum Gasteiger partial charge on any atom is -0.394 e. The summed E-state index contributed by atoms with van der Waals surface area (Å²) in [5.74, 6) is -1.39. The second-order valence-electron chi connectivity index (χ2n) is 7.57. The lowest BCUT2D eigenvalue weighted by molar-refractivity contribution is -0.141. The molecule has 0 fully saturated rings. The molecular formula is C14H28N2O3. The molecule has 0 atom stereocenters. The largest absolute Gasteiger partial charge is 0.394 e. The maximum Gasteiger partial charge on any atom is 0.309 e. The fourth-order valence-corrected chi connectivity index (χ4v) is 2.14. The average molecular weight is 272 g/mol. The fraction of sp³-hybridized carbons (Fsp3) is 0.857. The Morgan fingerprint density at radius 3 is 1.53 bits per heavy atom. The van der Waals surface area contributed by atoms with E-state index < -0.39 is 22.9 Å². The number of hydrogen-bond acceptors (Lipinski definition) is 3. The van der Waals surface area contributed by atoms with Gasteiger partial charge in [0.05, 0.1) is 12.1 Å². The fourth-order valence-electron chi connectivity index (χ4n) is 2.14. The zero-order chi connectivity index (χ0) is 15.5. The van der Waals surface area contributed by atoms with Crippen LogP contribution in [0.3, 0.4) is 0 Å². The van der Waals surface area contributed by atoms with E-state index in [0.717, 1.165) is 6.42 Å². The average Bonchev–Trinajstić information content (AvgIpc) is 2.12. The smallest absolute Gasteiger partial charge is 0.309 e. The summed E-state index contributed by atoms with van der Waals surface area (Å²) >= 11 is 0. The van der Waals surface area contributed by atoms with Gasteiger partial charge in [-0.3, -0.25) is 9.59 Å². The van der Waals surface area contributed by atoms with Crippen molar-refractivity contribution >= 4 is 11.8 Å². The molecule has 5 nitrogen and oxygen atoms in total. The summed E-state index contributed by atoms with van der Waals surface area (Å²) in [4.78, 5) is 23.6. The van der Waals surface area contributed by atoms with Gasteiger partial charge in [0.2, 0.25) is 0 Å². The number of nitrogens with one attached hydrogen (secondary N) is 2. The zero-order valence-corrected chi connectivity index (χ0v) is 13.2. The Labute approximate surface area is 116 Å². The lowest BCUT2D eigenvalue weighted by Crippen LogP contribution is -2.55. The monoisotopic (exact) mass is 272 g/mol. The third-order valence-corrected chi connectivity index (χ3v) is 2.48. The van der Waals surface area contributed by atoms with Gasteiger partial charge in [-0.25, -0.2) is 0 Å². The Morgan fingerprint density at radius 1 is 0.842 bits per heavy atom. The molecule has 0 aromatic carbocycles. The summed E-state index contributed by atoms with van der Waals surface area (Å²) < 4.78 is 0. The van der Waals surface area contributed by atoms with Gasteiger partial charge in [-0.2, -0.15) is 0 Å². The molecule has 0 aliphatic rings. The van der Waals surface area contributed by atoms with Gasteiger partial charge >= 0.3 is 11.8 Å². The molecule has 3 N–H and O–H groups in total. The van der Waals surface area contributed by atoms with Crippen molar-refractivity contribution in [1.29, 1.82) is 0 Å². The number of carbonyl (C=O) groups is 2. The molecule has 5 heteroatoms. The standard InChI is InChI=1S/C14H28N2O3/c1-12(2,3)8-13(4,5)15-10(18)11(19)16-14(6,7)9-17/h17H,8-9H2,1-7H3,(H,15,18)(H,16,19). The van der Waals surface area contributed by atoms with Crippen LogP contribution in [0.15, 0.2) is 0 Å². The summed E-state index contributed by atoms with van der Waals surface area (Å²) in [5, 5.41) is 14.3. The van der Waals surface area contributed by atoms with Crippen LogP contribution in [0.2, 0.25) is 0 Å². The van der Waals surface area contributed by atoms with Crippen LogP contribution in [0.4, 0.5) is 0 Å². The van der Waals surface area contributed by atoms with Crippen LogP contribution < -0.4 is 10.6 Å². The lowest BCUT2D eigenvalue weighted by Gasteiger charge is -2.33. The zero-order valence-electron chi connectivity index (χ0n) is 13.2. The first-order valence-corrected chi connectivity index (χ1v) is 6.54. The number of carbonyl (C=O) groups excluding carboxylic acids is 2. The molecule has 0 aromatic rings. The predicted octanol–water partition coefficient (Wildman–Crippen LogP) is 1.20. The molecule has 0 bridgehead atoms. The van der Waals surface area contributed by atoms with E-state index in [9.17, 15) is 9.59 Å². The summed E-state index contributed by atoms with van der Waals surface area (Å²) in [5.41, 5.74) is -1.21. The van der Waals surface area contributed by atoms with E-state index >= 15 is 0 Å².